The number of fused-ring (bicyclic) bond motifs is 3. The lowest BCUT2D eigenvalue weighted by Crippen LogP contribution is -2.31. The van der Waals surface area contributed by atoms with Gasteiger partial charge in [0.2, 0.25) is 5.91 Å². The fraction of sp³-hybridized carbons (Fsp3) is 0.314. The zero-order chi connectivity index (χ0) is 48.4. The van der Waals surface area contributed by atoms with Gasteiger partial charge in [-0.15, -0.1) is 11.6 Å². The summed E-state index contributed by atoms with van der Waals surface area (Å²) >= 11 is 5.89. The number of nitrogens with one attached hydrogen (secondary N) is 1. The Morgan fingerprint density at radius 2 is 1.23 bits per heavy atom. The van der Waals surface area contributed by atoms with Crippen LogP contribution in [0.2, 0.25) is 0 Å². The first-order valence-electron chi connectivity index (χ1n) is 22.3. The van der Waals surface area contributed by atoms with Gasteiger partial charge in [0.1, 0.15) is 29.7 Å². The van der Waals surface area contributed by atoms with E-state index in [1.165, 1.54) is 12.1 Å². The van der Waals surface area contributed by atoms with Gasteiger partial charge in [-0.2, -0.15) is 18.3 Å². The fourth-order valence-corrected chi connectivity index (χ4v) is 7.37. The number of nitrogens with zero attached hydrogens (tertiary/aromatic N) is 4. The smallest absolute Gasteiger partial charge is 0.416 e. The van der Waals surface area contributed by atoms with E-state index in [-0.39, 0.29) is 24.2 Å². The van der Waals surface area contributed by atoms with Crippen molar-refractivity contribution in [3.8, 4) is 22.9 Å². The Bertz CT molecular complexity index is 2700. The second kappa shape index (κ2) is 25.2. The number of carbonyl (C=O) groups excluding carboxylic acids is 2. The van der Waals surface area contributed by atoms with Crippen molar-refractivity contribution in [2.45, 2.75) is 12.7 Å². The van der Waals surface area contributed by atoms with Crippen molar-refractivity contribution < 1.29 is 55.9 Å². The molecule has 0 aliphatic heterocycles. The molecule has 7 rings (SSSR count). The van der Waals surface area contributed by atoms with E-state index in [0.29, 0.717) is 119 Å². The molecule has 2 heterocycles. The molecule has 2 amide bonds. The van der Waals surface area contributed by atoms with Crippen LogP contribution < -0.4 is 19.7 Å². The number of amides is 2. The number of halogens is 4. The quantitative estimate of drug-likeness (QED) is 0.0393. The summed E-state index contributed by atoms with van der Waals surface area (Å²) in [6.07, 6.45) is -2.62. The van der Waals surface area contributed by atoms with Gasteiger partial charge in [0, 0.05) is 47.5 Å². The molecule has 69 heavy (non-hydrogen) atoms. The molecule has 0 unspecified atom stereocenters. The Balaban J connectivity index is 0.674. The average molecular weight is 972 g/mol. The number of hydrogen-bond donors (Lipinski definition) is 1. The minimum atomic E-state index is -4.44. The van der Waals surface area contributed by atoms with Crippen molar-refractivity contribution in [2.24, 2.45) is 7.05 Å². The molecule has 2 aromatic heterocycles. The number of rotatable bonds is 27. The molecule has 0 saturated heterocycles. The van der Waals surface area contributed by atoms with Crippen LogP contribution in [0, 0.1) is 0 Å². The third-order valence-electron chi connectivity index (χ3n) is 10.6. The minimum Gasteiger partial charge on any atom is -0.491 e. The van der Waals surface area contributed by atoms with Crippen LogP contribution in [-0.2, 0) is 48.2 Å². The van der Waals surface area contributed by atoms with E-state index in [1.54, 1.807) is 39.4 Å². The van der Waals surface area contributed by atoms with E-state index in [2.05, 4.69) is 10.4 Å². The summed E-state index contributed by atoms with van der Waals surface area (Å²) in [6.45, 7) is 4.97. The predicted molar refractivity (Wildman–Crippen MR) is 256 cm³/mol. The van der Waals surface area contributed by atoms with Crippen LogP contribution in [0.5, 0.6) is 17.2 Å². The summed E-state index contributed by atoms with van der Waals surface area (Å²) in [6, 6.07) is 34.4. The lowest BCUT2D eigenvalue weighted by atomic mass is 10.1. The SMILES string of the molecule is Cn1cc2c3cc(C(=O)NCCOCCOCCOCCOCCOCCOc4ccc(Oc5ccc(N(Cc6ccccc6)C(=O)CCl)cc5)cc4)ccc3n(-c3ccc(C(F)(F)F)cc3)c2n1. The summed E-state index contributed by atoms with van der Waals surface area (Å²) in [7, 11) is 1.76. The topological polar surface area (TPSA) is 137 Å². The van der Waals surface area contributed by atoms with Crippen molar-refractivity contribution >= 4 is 51.0 Å². The fourth-order valence-electron chi connectivity index (χ4n) is 7.23. The number of anilines is 1. The Morgan fingerprint density at radius 1 is 0.667 bits per heavy atom. The van der Waals surface area contributed by atoms with E-state index < -0.39 is 11.7 Å². The third-order valence-corrected chi connectivity index (χ3v) is 10.8. The summed E-state index contributed by atoms with van der Waals surface area (Å²) in [5.74, 6) is 1.37. The van der Waals surface area contributed by atoms with Gasteiger partial charge in [0.05, 0.1) is 83.7 Å². The first-order chi connectivity index (χ1) is 33.6. The number of benzene rings is 5. The van der Waals surface area contributed by atoms with Crippen LogP contribution in [-0.4, -0.2) is 111 Å². The number of carbonyl (C=O) groups is 2. The monoisotopic (exact) mass is 971 g/mol. The van der Waals surface area contributed by atoms with Crippen molar-refractivity contribution in [1.29, 1.82) is 0 Å². The van der Waals surface area contributed by atoms with Crippen LogP contribution in [0.1, 0.15) is 21.5 Å². The summed E-state index contributed by atoms with van der Waals surface area (Å²) < 4.78 is 82.6. The minimum absolute atomic E-state index is 0.116. The van der Waals surface area contributed by atoms with Gasteiger partial charge in [0.25, 0.3) is 5.91 Å². The molecule has 7 aromatic rings. The van der Waals surface area contributed by atoms with Gasteiger partial charge in [-0.05, 0) is 96.6 Å². The first kappa shape index (κ1) is 50.4. The van der Waals surface area contributed by atoms with E-state index in [1.807, 2.05) is 85.1 Å². The molecule has 1 N–H and O–H groups in total. The standard InChI is InChI=1S/C51H53ClF3N5O9/c1-58-36-46-45-33-38(7-20-47(45)60(49(46)57-58)41-10-8-39(9-11-41)51(53,54)55)50(62)56-21-22-63-23-24-64-25-26-65-27-28-66-29-30-67-31-32-68-42-16-18-44(19-17-42)69-43-14-12-40(13-15-43)59(48(61)34-52)35-37-5-3-2-4-6-37/h2-20,33,36H,21-32,34-35H2,1H3,(H,56,62). The molecule has 14 nitrogen and oxygen atoms in total. The van der Waals surface area contributed by atoms with Crippen LogP contribution in [0.3, 0.4) is 0 Å². The Kier molecular flexibility index (Phi) is 18.4. The zero-order valence-electron chi connectivity index (χ0n) is 38.0. The number of aryl methyl sites for hydroxylation is 1. The largest absolute Gasteiger partial charge is 0.491 e. The highest BCUT2D eigenvalue weighted by molar-refractivity contribution is 6.29. The highest BCUT2D eigenvalue weighted by atomic mass is 35.5. The van der Waals surface area contributed by atoms with Crippen LogP contribution in [0.4, 0.5) is 18.9 Å². The molecule has 0 saturated carbocycles. The molecular formula is C51H53ClF3N5O9. The molecule has 0 aliphatic carbocycles. The number of alkyl halides is 4. The lowest BCUT2D eigenvalue weighted by molar-refractivity contribution is -0.137. The molecule has 0 atom stereocenters. The lowest BCUT2D eigenvalue weighted by Gasteiger charge is -2.22. The molecule has 0 radical (unpaired) electrons. The van der Waals surface area contributed by atoms with Gasteiger partial charge in [0.15, 0.2) is 5.65 Å². The van der Waals surface area contributed by atoms with Gasteiger partial charge in [-0.3, -0.25) is 18.8 Å². The second-order valence-electron chi connectivity index (χ2n) is 15.5. The van der Waals surface area contributed by atoms with Crippen molar-refractivity contribution in [3.63, 3.8) is 0 Å². The first-order valence-corrected chi connectivity index (χ1v) is 22.8. The van der Waals surface area contributed by atoms with Gasteiger partial charge < -0.3 is 43.4 Å². The predicted octanol–water partition coefficient (Wildman–Crippen LogP) is 8.99. The Labute approximate surface area is 402 Å². The van der Waals surface area contributed by atoms with Crippen molar-refractivity contribution in [2.75, 3.05) is 90.0 Å². The number of ether oxygens (including phenoxy) is 7. The van der Waals surface area contributed by atoms with Gasteiger partial charge in [-0.1, -0.05) is 30.3 Å². The molecule has 0 spiro atoms. The van der Waals surface area contributed by atoms with Crippen LogP contribution >= 0.6 is 11.6 Å². The van der Waals surface area contributed by atoms with E-state index >= 15 is 0 Å². The second-order valence-corrected chi connectivity index (χ2v) is 15.8. The van der Waals surface area contributed by atoms with Crippen LogP contribution in [0.25, 0.3) is 27.6 Å². The number of aromatic nitrogens is 3. The molecule has 0 bridgehead atoms. The van der Waals surface area contributed by atoms with Gasteiger partial charge >= 0.3 is 6.18 Å². The molecule has 364 valence electrons. The van der Waals surface area contributed by atoms with Crippen molar-refractivity contribution in [1.82, 2.24) is 19.7 Å². The third kappa shape index (κ3) is 14.5. The highest BCUT2D eigenvalue weighted by Gasteiger charge is 2.30. The van der Waals surface area contributed by atoms with E-state index in [4.69, 9.17) is 44.8 Å². The van der Waals surface area contributed by atoms with Crippen molar-refractivity contribution in [3.05, 3.63) is 144 Å². The Morgan fingerprint density at radius 3 is 1.83 bits per heavy atom. The summed E-state index contributed by atoms with van der Waals surface area (Å²) in [5, 5.41) is 8.90. The zero-order valence-corrected chi connectivity index (χ0v) is 38.8. The average Bonchev–Trinajstić information content (AvgIpc) is 3.88. The van der Waals surface area contributed by atoms with Crippen LogP contribution in [0.15, 0.2) is 128 Å². The van der Waals surface area contributed by atoms with Gasteiger partial charge in [-0.25, -0.2) is 0 Å². The highest BCUT2D eigenvalue weighted by Crippen LogP contribution is 2.34. The van der Waals surface area contributed by atoms with E-state index in [0.717, 1.165) is 34.2 Å². The normalized spacial score (nSPS) is 11.6. The maximum atomic E-state index is 13.2. The summed E-state index contributed by atoms with van der Waals surface area (Å²) in [5.41, 5.74) is 3.24. The number of hydrogen-bond acceptors (Lipinski definition) is 10. The molecule has 5 aromatic carbocycles. The maximum absolute atomic E-state index is 13.2. The molecular weight excluding hydrogens is 919 g/mol. The molecule has 0 fully saturated rings. The van der Waals surface area contributed by atoms with E-state index in [9.17, 15) is 22.8 Å². The summed E-state index contributed by atoms with van der Waals surface area (Å²) in [4.78, 5) is 27.2. The Hall–Kier alpha value is -6.47. The molecule has 18 heteroatoms. The maximum Gasteiger partial charge on any atom is 0.416 e. The molecule has 0 aliphatic rings.